The predicted octanol–water partition coefficient (Wildman–Crippen LogP) is 5.90. The number of ether oxygens (including phenoxy) is 1. The van der Waals surface area contributed by atoms with Crippen LogP contribution in [0.4, 0.5) is 20.3 Å². The Morgan fingerprint density at radius 3 is 2.69 bits per heavy atom. The fourth-order valence-corrected chi connectivity index (χ4v) is 5.66. The lowest BCUT2D eigenvalue weighted by Crippen LogP contribution is -2.35. The molecular weight excluding hydrogens is 502 g/mol. The molecule has 0 saturated carbocycles. The second-order valence-corrected chi connectivity index (χ2v) is 10.4. The summed E-state index contributed by atoms with van der Waals surface area (Å²) in [5.41, 5.74) is 4.00. The molecular formula is C29H38F2N6O2. The van der Waals surface area contributed by atoms with Crippen LogP contribution in [0.5, 0.6) is 0 Å². The van der Waals surface area contributed by atoms with Crippen molar-refractivity contribution in [2.75, 3.05) is 31.2 Å². The number of unbranched alkanes of at least 4 members (excludes halogenated alkanes) is 1. The molecule has 0 bridgehead atoms. The summed E-state index contributed by atoms with van der Waals surface area (Å²) in [5, 5.41) is 9.44. The van der Waals surface area contributed by atoms with Crippen molar-refractivity contribution in [1.29, 1.82) is 0 Å². The maximum atomic E-state index is 14.4. The van der Waals surface area contributed by atoms with E-state index in [4.69, 9.17) is 9.84 Å². The van der Waals surface area contributed by atoms with Crippen LogP contribution >= 0.6 is 0 Å². The number of halogens is 2. The number of hydrogen-bond acceptors (Lipinski definition) is 5. The van der Waals surface area contributed by atoms with Gasteiger partial charge in [-0.25, -0.2) is 8.78 Å². The van der Waals surface area contributed by atoms with E-state index in [1.165, 1.54) is 0 Å². The van der Waals surface area contributed by atoms with Gasteiger partial charge in [0.1, 0.15) is 0 Å². The summed E-state index contributed by atoms with van der Waals surface area (Å²) < 4.78 is 38.4. The van der Waals surface area contributed by atoms with Crippen LogP contribution in [0.3, 0.4) is 0 Å². The van der Waals surface area contributed by atoms with Crippen LogP contribution in [-0.2, 0) is 29.0 Å². The average Bonchev–Trinajstić information content (AvgIpc) is 3.59. The zero-order valence-corrected chi connectivity index (χ0v) is 23.1. The molecule has 210 valence electrons. The number of carbonyl (C=O) groups excluding carboxylic acids is 1. The number of amides is 1. The van der Waals surface area contributed by atoms with Crippen LogP contribution in [0, 0.1) is 0 Å². The van der Waals surface area contributed by atoms with Crippen LogP contribution in [0.2, 0.25) is 0 Å². The first-order valence-electron chi connectivity index (χ1n) is 14.1. The zero-order valence-electron chi connectivity index (χ0n) is 23.1. The predicted molar refractivity (Wildman–Crippen MR) is 146 cm³/mol. The van der Waals surface area contributed by atoms with E-state index in [9.17, 15) is 13.6 Å². The number of carbonyl (C=O) groups is 1. The molecule has 0 aliphatic carbocycles. The van der Waals surface area contributed by atoms with Gasteiger partial charge in [0.25, 0.3) is 6.43 Å². The molecule has 39 heavy (non-hydrogen) atoms. The molecule has 2 aromatic heterocycles. The molecule has 1 aromatic carbocycles. The van der Waals surface area contributed by atoms with E-state index < -0.39 is 6.43 Å². The van der Waals surface area contributed by atoms with Gasteiger partial charge in [0, 0.05) is 80.5 Å². The molecule has 3 aromatic rings. The van der Waals surface area contributed by atoms with Crippen molar-refractivity contribution in [2.45, 2.75) is 78.4 Å². The molecule has 10 heteroatoms. The molecule has 0 radical (unpaired) electrons. The Morgan fingerprint density at radius 2 is 2.03 bits per heavy atom. The molecule has 0 atom stereocenters. The lowest BCUT2D eigenvalue weighted by Gasteiger charge is -2.30. The second-order valence-electron chi connectivity index (χ2n) is 10.4. The number of aromatic nitrogens is 4. The minimum absolute atomic E-state index is 0.0206. The highest BCUT2D eigenvalue weighted by Gasteiger charge is 2.32. The molecule has 8 nitrogen and oxygen atoms in total. The van der Waals surface area contributed by atoms with Gasteiger partial charge in [-0.1, -0.05) is 19.4 Å². The van der Waals surface area contributed by atoms with Crippen molar-refractivity contribution < 1.29 is 18.3 Å². The maximum absolute atomic E-state index is 14.4. The average molecular weight is 541 g/mol. The van der Waals surface area contributed by atoms with E-state index in [0.29, 0.717) is 56.2 Å². The van der Waals surface area contributed by atoms with Gasteiger partial charge in [-0.15, -0.1) is 0 Å². The van der Waals surface area contributed by atoms with Crippen molar-refractivity contribution in [3.05, 3.63) is 47.4 Å². The molecule has 1 amide bonds. The van der Waals surface area contributed by atoms with Crippen LogP contribution in [0.1, 0.15) is 75.7 Å². The first-order chi connectivity index (χ1) is 18.9. The van der Waals surface area contributed by atoms with E-state index in [1.807, 2.05) is 17.9 Å². The van der Waals surface area contributed by atoms with Crippen LogP contribution in [0.25, 0.3) is 11.1 Å². The first kappa shape index (κ1) is 27.3. The van der Waals surface area contributed by atoms with Gasteiger partial charge in [0.15, 0.2) is 5.82 Å². The van der Waals surface area contributed by atoms with E-state index in [-0.39, 0.29) is 17.5 Å². The topological polar surface area (TPSA) is 68.4 Å². The fourth-order valence-electron chi connectivity index (χ4n) is 5.66. The maximum Gasteiger partial charge on any atom is 0.264 e. The first-order valence-corrected chi connectivity index (χ1v) is 14.1. The molecule has 1 fully saturated rings. The highest BCUT2D eigenvalue weighted by atomic mass is 19.3. The molecule has 2 aliphatic rings. The lowest BCUT2D eigenvalue weighted by molar-refractivity contribution is -0.129. The molecule has 0 unspecified atom stereocenters. The number of benzene rings is 1. The minimum atomic E-state index is -2.64. The van der Waals surface area contributed by atoms with Crippen molar-refractivity contribution >= 4 is 17.4 Å². The summed E-state index contributed by atoms with van der Waals surface area (Å²) in [7, 11) is 0. The molecule has 1 saturated heterocycles. The van der Waals surface area contributed by atoms with Crippen LogP contribution in [-0.4, -0.2) is 56.7 Å². The van der Waals surface area contributed by atoms with E-state index in [0.717, 1.165) is 49.2 Å². The summed E-state index contributed by atoms with van der Waals surface area (Å²) >= 11 is 0. The number of hydrogen-bond donors (Lipinski definition) is 0. The minimum Gasteiger partial charge on any atom is -0.381 e. The van der Waals surface area contributed by atoms with E-state index >= 15 is 0 Å². The Balaban J connectivity index is 1.60. The largest absolute Gasteiger partial charge is 0.381 e. The highest BCUT2D eigenvalue weighted by molar-refractivity contribution is 5.75. The third-order valence-electron chi connectivity index (χ3n) is 7.89. The van der Waals surface area contributed by atoms with Crippen molar-refractivity contribution in [3.8, 4) is 11.1 Å². The second kappa shape index (κ2) is 11.9. The Kier molecular flexibility index (Phi) is 8.30. The van der Waals surface area contributed by atoms with Crippen molar-refractivity contribution in [3.63, 3.8) is 0 Å². The Bertz CT molecular complexity index is 1300. The van der Waals surface area contributed by atoms with Crippen LogP contribution < -0.4 is 4.90 Å². The van der Waals surface area contributed by atoms with Crippen LogP contribution in [0.15, 0.2) is 30.6 Å². The van der Waals surface area contributed by atoms with Gasteiger partial charge in [-0.2, -0.15) is 10.2 Å². The third kappa shape index (κ3) is 5.57. The zero-order chi connectivity index (χ0) is 27.5. The van der Waals surface area contributed by atoms with Crippen molar-refractivity contribution in [1.82, 2.24) is 24.5 Å². The quantitative estimate of drug-likeness (QED) is 0.338. The Hall–Kier alpha value is -3.27. The highest BCUT2D eigenvalue weighted by Crippen LogP contribution is 2.40. The van der Waals surface area contributed by atoms with Gasteiger partial charge in [-0.3, -0.25) is 14.2 Å². The summed E-state index contributed by atoms with van der Waals surface area (Å²) in [6, 6.07) is 5.51. The summed E-state index contributed by atoms with van der Waals surface area (Å²) in [4.78, 5) is 16.3. The van der Waals surface area contributed by atoms with Gasteiger partial charge in [-0.05, 0) is 43.9 Å². The lowest BCUT2D eigenvalue weighted by atomic mass is 10.0. The molecule has 0 spiro atoms. The SMILES string of the molecule is CCCCN(c1ccc(-c2cnn(CC)c2)c(C(F)F)c1)c1nn(C2CCOCC2)c2c1CN(C(C)=O)CC2. The normalized spacial score (nSPS) is 16.1. The summed E-state index contributed by atoms with van der Waals surface area (Å²) in [5.74, 6) is 0.796. The smallest absolute Gasteiger partial charge is 0.264 e. The number of aryl methyl sites for hydroxylation is 1. The number of nitrogens with zero attached hydrogens (tertiary/aromatic N) is 6. The number of rotatable bonds is 9. The molecule has 0 N–H and O–H groups in total. The number of alkyl halides is 2. The fraction of sp³-hybridized carbons (Fsp3) is 0.552. The molecule has 2 aliphatic heterocycles. The van der Waals surface area contributed by atoms with Gasteiger partial charge >= 0.3 is 0 Å². The molecule has 5 rings (SSSR count). The number of fused-ring (bicyclic) bond motifs is 1. The number of anilines is 2. The summed E-state index contributed by atoms with van der Waals surface area (Å²) in [6.07, 6.45) is 5.13. The monoisotopic (exact) mass is 540 g/mol. The Labute approximate surface area is 228 Å². The Morgan fingerprint density at radius 1 is 1.23 bits per heavy atom. The third-order valence-corrected chi connectivity index (χ3v) is 7.89. The molecule has 4 heterocycles. The summed E-state index contributed by atoms with van der Waals surface area (Å²) in [6.45, 7) is 9.51. The van der Waals surface area contributed by atoms with Gasteiger partial charge < -0.3 is 14.5 Å². The van der Waals surface area contributed by atoms with E-state index in [1.54, 1.807) is 36.1 Å². The van der Waals surface area contributed by atoms with Crippen molar-refractivity contribution in [2.24, 2.45) is 0 Å². The van der Waals surface area contributed by atoms with E-state index in [2.05, 4.69) is 21.6 Å². The standard InChI is InChI=1S/C29H38F2N6O2/c1-4-6-12-36(23-7-8-24(25(16-23)28(30)31)21-17-32-35(5-2)18-21)29-26-19-34(20(3)38)13-9-27(26)37(33-29)22-10-14-39-15-11-22/h7-8,16-18,22,28H,4-6,9-15,19H2,1-3H3. The van der Waals surface area contributed by atoms with Gasteiger partial charge in [0.2, 0.25) is 5.91 Å². The van der Waals surface area contributed by atoms with Gasteiger partial charge in [0.05, 0.1) is 18.8 Å².